The molecule has 0 aliphatic rings. The number of benzene rings is 3. The Morgan fingerprint density at radius 2 is 1.65 bits per heavy atom. The highest BCUT2D eigenvalue weighted by atomic mass is 32.2. The topological polar surface area (TPSA) is 84.0 Å². The second-order valence-corrected chi connectivity index (χ2v) is 9.61. The summed E-state index contributed by atoms with van der Waals surface area (Å²) in [6, 6.07) is 24.8. The minimum Gasteiger partial charge on any atom is -0.322 e. The Hall–Kier alpha value is -3.75. The van der Waals surface area contributed by atoms with Crippen LogP contribution in [0.2, 0.25) is 0 Å². The van der Waals surface area contributed by atoms with Crippen LogP contribution in [-0.4, -0.2) is 22.0 Å². The number of aromatic nitrogens is 2. The lowest BCUT2D eigenvalue weighted by Crippen LogP contribution is -2.11. The van der Waals surface area contributed by atoms with Gasteiger partial charge in [-0.15, -0.1) is 10.2 Å². The largest absolute Gasteiger partial charge is 0.322 e. The molecule has 0 aliphatic heterocycles. The molecule has 0 spiro atoms. The molecule has 3 aromatic carbocycles. The summed E-state index contributed by atoms with van der Waals surface area (Å²) in [5.74, 6) is 0.279. The first kappa shape index (κ1) is 23.4. The first-order valence-corrected chi connectivity index (χ1v) is 12.3. The zero-order valence-electron chi connectivity index (χ0n) is 18.4. The van der Waals surface area contributed by atoms with Crippen LogP contribution < -0.4 is 10.6 Å². The number of carbonyl (C=O) groups is 2. The summed E-state index contributed by atoms with van der Waals surface area (Å²) in [6.07, 6.45) is 3.22. The molecule has 1 aromatic heterocycles. The number of anilines is 2. The number of nitrogens with one attached hydrogen (secondary N) is 2. The van der Waals surface area contributed by atoms with Gasteiger partial charge in [-0.2, -0.15) is 0 Å². The van der Waals surface area contributed by atoms with Gasteiger partial charge in [0.05, 0.1) is 0 Å². The van der Waals surface area contributed by atoms with Crippen LogP contribution in [0.25, 0.3) is 6.08 Å². The molecule has 4 aromatic rings. The lowest BCUT2D eigenvalue weighted by Gasteiger charge is -2.06. The van der Waals surface area contributed by atoms with Crippen LogP contribution in [0, 0.1) is 6.92 Å². The first-order valence-electron chi connectivity index (χ1n) is 10.5. The van der Waals surface area contributed by atoms with Crippen molar-refractivity contribution in [2.75, 3.05) is 10.6 Å². The Morgan fingerprint density at radius 3 is 2.38 bits per heavy atom. The molecule has 6 nitrogen and oxygen atoms in total. The quantitative estimate of drug-likeness (QED) is 0.180. The molecule has 0 fully saturated rings. The molecule has 4 rings (SSSR count). The van der Waals surface area contributed by atoms with E-state index in [2.05, 4.69) is 20.8 Å². The monoisotopic (exact) mass is 486 g/mol. The number of rotatable bonds is 8. The Morgan fingerprint density at radius 1 is 0.912 bits per heavy atom. The normalized spacial score (nSPS) is 10.9. The lowest BCUT2D eigenvalue weighted by atomic mass is 10.1. The van der Waals surface area contributed by atoms with Crippen LogP contribution in [0.5, 0.6) is 0 Å². The summed E-state index contributed by atoms with van der Waals surface area (Å²) >= 11 is 2.85. The molecule has 0 bridgehead atoms. The smallest absolute Gasteiger partial charge is 0.255 e. The highest BCUT2D eigenvalue weighted by Gasteiger charge is 2.09. The van der Waals surface area contributed by atoms with Crippen molar-refractivity contribution in [3.63, 3.8) is 0 Å². The molecule has 1 heterocycles. The van der Waals surface area contributed by atoms with E-state index in [9.17, 15) is 9.59 Å². The number of nitrogens with zero attached hydrogens (tertiary/aromatic N) is 2. The molecule has 170 valence electrons. The second kappa shape index (κ2) is 11.4. The molecule has 2 N–H and O–H groups in total. The van der Waals surface area contributed by atoms with E-state index in [0.717, 1.165) is 26.7 Å². The van der Waals surface area contributed by atoms with Crippen molar-refractivity contribution < 1.29 is 9.59 Å². The third-order valence-electron chi connectivity index (χ3n) is 4.75. The van der Waals surface area contributed by atoms with Crippen LogP contribution in [-0.2, 0) is 10.5 Å². The Bertz CT molecular complexity index is 1280. The maximum atomic E-state index is 12.4. The third kappa shape index (κ3) is 6.87. The zero-order chi connectivity index (χ0) is 23.8. The average molecular weight is 487 g/mol. The SMILES string of the molecule is Cc1ccc(NC(=O)c2ccc(CSc3nnc(NC(=O)/C=C/c4ccccc4)s3)cc2)cc1. The molecule has 2 amide bonds. The van der Waals surface area contributed by atoms with E-state index in [1.165, 1.54) is 29.2 Å². The highest BCUT2D eigenvalue weighted by molar-refractivity contribution is 8.00. The van der Waals surface area contributed by atoms with Crippen molar-refractivity contribution in [3.05, 3.63) is 107 Å². The molecule has 0 saturated carbocycles. The van der Waals surface area contributed by atoms with Crippen molar-refractivity contribution in [1.82, 2.24) is 10.2 Å². The molecule has 0 radical (unpaired) electrons. The van der Waals surface area contributed by atoms with Gasteiger partial charge in [-0.25, -0.2) is 0 Å². The van der Waals surface area contributed by atoms with E-state index < -0.39 is 0 Å². The van der Waals surface area contributed by atoms with Crippen LogP contribution in [0.1, 0.15) is 27.0 Å². The fourth-order valence-corrected chi connectivity index (χ4v) is 4.65. The number of carbonyl (C=O) groups excluding carboxylic acids is 2. The Kier molecular flexibility index (Phi) is 7.85. The van der Waals surface area contributed by atoms with E-state index in [1.54, 1.807) is 6.08 Å². The highest BCUT2D eigenvalue weighted by Crippen LogP contribution is 2.28. The van der Waals surface area contributed by atoms with Gasteiger partial charge in [0.15, 0.2) is 4.34 Å². The third-order valence-corrected chi connectivity index (χ3v) is 6.79. The predicted molar refractivity (Wildman–Crippen MR) is 139 cm³/mol. The van der Waals surface area contributed by atoms with Gasteiger partial charge in [-0.05, 0) is 48.4 Å². The molecule has 0 aliphatic carbocycles. The van der Waals surface area contributed by atoms with Crippen LogP contribution in [0.4, 0.5) is 10.8 Å². The van der Waals surface area contributed by atoms with Gasteiger partial charge in [0.25, 0.3) is 5.91 Å². The molecule has 34 heavy (non-hydrogen) atoms. The fraction of sp³-hybridized carbons (Fsp3) is 0.0769. The van der Waals surface area contributed by atoms with E-state index in [1.807, 2.05) is 85.8 Å². The van der Waals surface area contributed by atoms with Gasteiger partial charge >= 0.3 is 0 Å². The Labute approximate surface area is 206 Å². The summed E-state index contributed by atoms with van der Waals surface area (Å²) < 4.78 is 0.753. The summed E-state index contributed by atoms with van der Waals surface area (Å²) in [4.78, 5) is 24.5. The van der Waals surface area contributed by atoms with Crippen LogP contribution >= 0.6 is 23.1 Å². The number of amides is 2. The minimum atomic E-state index is -0.254. The summed E-state index contributed by atoms with van der Waals surface area (Å²) in [5, 5.41) is 14.3. The standard InChI is InChI=1S/C26H22N4O2S2/c1-18-7-14-22(15-8-18)27-24(32)21-12-9-20(10-13-21)17-33-26-30-29-25(34-26)28-23(31)16-11-19-5-3-2-4-6-19/h2-16H,17H2,1H3,(H,27,32)(H,28,29,31)/b16-11+. The minimum absolute atomic E-state index is 0.145. The van der Waals surface area contributed by atoms with Crippen LogP contribution in [0.15, 0.2) is 89.3 Å². The molecular formula is C26H22N4O2S2. The summed E-state index contributed by atoms with van der Waals surface area (Å²) in [6.45, 7) is 2.01. The lowest BCUT2D eigenvalue weighted by molar-refractivity contribution is -0.111. The number of thioether (sulfide) groups is 1. The second-order valence-electron chi connectivity index (χ2n) is 7.41. The fourth-order valence-electron chi connectivity index (χ4n) is 2.94. The van der Waals surface area contributed by atoms with Gasteiger partial charge in [-0.1, -0.05) is 83.3 Å². The summed E-state index contributed by atoms with van der Waals surface area (Å²) in [7, 11) is 0. The van der Waals surface area contributed by atoms with Crippen molar-refractivity contribution in [2.45, 2.75) is 17.0 Å². The van der Waals surface area contributed by atoms with Gasteiger partial charge in [0.1, 0.15) is 0 Å². The Balaban J connectivity index is 1.26. The van der Waals surface area contributed by atoms with E-state index in [0.29, 0.717) is 16.4 Å². The van der Waals surface area contributed by atoms with Gasteiger partial charge < -0.3 is 5.32 Å². The number of aryl methyl sites for hydroxylation is 1. The van der Waals surface area contributed by atoms with E-state index >= 15 is 0 Å². The van der Waals surface area contributed by atoms with Crippen molar-refractivity contribution in [2.24, 2.45) is 0 Å². The number of hydrogen-bond donors (Lipinski definition) is 2. The van der Waals surface area contributed by atoms with Crippen molar-refractivity contribution in [3.8, 4) is 0 Å². The van der Waals surface area contributed by atoms with Gasteiger partial charge in [-0.3, -0.25) is 14.9 Å². The van der Waals surface area contributed by atoms with Crippen molar-refractivity contribution in [1.29, 1.82) is 0 Å². The summed E-state index contributed by atoms with van der Waals surface area (Å²) in [5.41, 5.74) is 4.52. The first-order chi connectivity index (χ1) is 16.5. The van der Waals surface area contributed by atoms with Gasteiger partial charge in [0.2, 0.25) is 11.0 Å². The van der Waals surface area contributed by atoms with Crippen molar-refractivity contribution >= 4 is 51.8 Å². The molecule has 0 unspecified atom stereocenters. The number of hydrogen-bond acceptors (Lipinski definition) is 6. The molecule has 8 heteroatoms. The molecule has 0 saturated heterocycles. The van der Waals surface area contributed by atoms with Gasteiger partial charge in [0, 0.05) is 23.1 Å². The van der Waals surface area contributed by atoms with E-state index in [-0.39, 0.29) is 11.8 Å². The molecular weight excluding hydrogens is 464 g/mol. The predicted octanol–water partition coefficient (Wildman–Crippen LogP) is 6.04. The zero-order valence-corrected chi connectivity index (χ0v) is 20.0. The van der Waals surface area contributed by atoms with E-state index in [4.69, 9.17) is 0 Å². The average Bonchev–Trinajstić information content (AvgIpc) is 3.31. The van der Waals surface area contributed by atoms with Crippen LogP contribution in [0.3, 0.4) is 0 Å². The maximum absolute atomic E-state index is 12.4. The maximum Gasteiger partial charge on any atom is 0.255 e. The molecule has 0 atom stereocenters.